The molecule has 0 radical (unpaired) electrons. The van der Waals surface area contributed by atoms with Crippen molar-refractivity contribution in [3.8, 4) is 23.0 Å². The summed E-state index contributed by atoms with van der Waals surface area (Å²) in [5.74, 6) is -5.40. The van der Waals surface area contributed by atoms with E-state index in [-0.39, 0.29) is 30.1 Å². The summed E-state index contributed by atoms with van der Waals surface area (Å²) in [6.45, 7) is 4.21. The van der Waals surface area contributed by atoms with Gasteiger partial charge in [0.2, 0.25) is 23.6 Å². The Morgan fingerprint density at radius 1 is 1.02 bits per heavy atom. The minimum atomic E-state index is -1.46. The lowest BCUT2D eigenvalue weighted by molar-refractivity contribution is -0.162. The van der Waals surface area contributed by atoms with E-state index < -0.39 is 71.0 Å². The van der Waals surface area contributed by atoms with Gasteiger partial charge < -0.3 is 40.5 Å². The summed E-state index contributed by atoms with van der Waals surface area (Å²) in [4.78, 5) is 54.6. The van der Waals surface area contributed by atoms with E-state index in [2.05, 4.69) is 15.6 Å². The number of benzene rings is 2. The zero-order valence-corrected chi connectivity index (χ0v) is 23.7. The van der Waals surface area contributed by atoms with Gasteiger partial charge in [0.1, 0.15) is 23.8 Å². The fourth-order valence-corrected chi connectivity index (χ4v) is 4.11. The van der Waals surface area contributed by atoms with Gasteiger partial charge in [0.25, 0.3) is 0 Å². The SMILES string of the molecule is CC(=O)N(O)CCCCNC(=O)[C@@H](NC(=O)[C@H]1N=C(c2cccc(O)c2O)O[C@@H]1C)[C@@H](C)OC(=O)c1cccc(O)c1O. The fraction of sp³-hybridized carbons (Fsp3) is 0.393. The van der Waals surface area contributed by atoms with Crippen molar-refractivity contribution in [2.45, 2.75) is 57.9 Å². The Kier molecular flexibility index (Phi) is 10.7. The lowest BCUT2D eigenvalue weighted by Crippen LogP contribution is -2.56. The number of nitrogens with one attached hydrogen (secondary N) is 2. The van der Waals surface area contributed by atoms with Crippen LogP contribution in [0, 0.1) is 0 Å². The molecular weight excluding hydrogens is 568 g/mol. The maximum Gasteiger partial charge on any atom is 0.342 e. The van der Waals surface area contributed by atoms with Gasteiger partial charge >= 0.3 is 5.97 Å². The summed E-state index contributed by atoms with van der Waals surface area (Å²) in [6.07, 6.45) is -1.42. The summed E-state index contributed by atoms with van der Waals surface area (Å²) in [6, 6.07) is 5.17. The van der Waals surface area contributed by atoms with Gasteiger partial charge in [0, 0.05) is 20.0 Å². The predicted octanol–water partition coefficient (Wildman–Crippen LogP) is 0.907. The number of ether oxygens (including phenoxy) is 2. The molecule has 1 aliphatic rings. The monoisotopic (exact) mass is 602 g/mol. The summed E-state index contributed by atoms with van der Waals surface area (Å²) < 4.78 is 11.0. The summed E-state index contributed by atoms with van der Waals surface area (Å²) in [7, 11) is 0. The Morgan fingerprint density at radius 2 is 1.67 bits per heavy atom. The molecule has 7 N–H and O–H groups in total. The second kappa shape index (κ2) is 14.2. The number of nitrogens with zero attached hydrogens (tertiary/aromatic N) is 2. The van der Waals surface area contributed by atoms with Gasteiger partial charge in [0.15, 0.2) is 29.0 Å². The molecule has 0 spiro atoms. The van der Waals surface area contributed by atoms with Crippen LogP contribution in [0.25, 0.3) is 0 Å². The summed E-state index contributed by atoms with van der Waals surface area (Å²) >= 11 is 0. The number of carbonyl (C=O) groups is 4. The number of phenols is 4. The molecule has 232 valence electrons. The van der Waals surface area contributed by atoms with Crippen LogP contribution in [0.3, 0.4) is 0 Å². The molecule has 15 nitrogen and oxygen atoms in total. The third-order valence-electron chi connectivity index (χ3n) is 6.55. The smallest absolute Gasteiger partial charge is 0.342 e. The third-order valence-corrected chi connectivity index (χ3v) is 6.55. The molecule has 0 fully saturated rings. The van der Waals surface area contributed by atoms with Crippen LogP contribution in [-0.2, 0) is 23.9 Å². The van der Waals surface area contributed by atoms with E-state index in [4.69, 9.17) is 9.47 Å². The standard InChI is InChI=1S/C28H34N4O11/c1-14-22(31-27(42-14)17-8-6-10-19(34)23(17)36)26(39)30-21(25(38)29-12-4-5-13-32(41)16(3)33)15(2)43-28(40)18-9-7-11-20(35)24(18)37/h6-11,14-15,21-22,34-37,41H,4-5,12-13H2,1-3H3,(H,29,38)(H,30,39)/t14-,15-,21+,22+/m1/s1. The number of carbonyl (C=O) groups excluding carboxylic acids is 4. The van der Waals surface area contributed by atoms with Gasteiger partial charge in [-0.2, -0.15) is 0 Å². The molecule has 0 aromatic heterocycles. The molecule has 0 bridgehead atoms. The lowest BCUT2D eigenvalue weighted by atomic mass is 10.1. The van der Waals surface area contributed by atoms with E-state index in [1.807, 2.05) is 0 Å². The van der Waals surface area contributed by atoms with Crippen LogP contribution in [-0.4, -0.2) is 97.7 Å². The Balaban J connectivity index is 1.76. The first-order valence-electron chi connectivity index (χ1n) is 13.3. The Morgan fingerprint density at radius 3 is 2.35 bits per heavy atom. The average molecular weight is 603 g/mol. The van der Waals surface area contributed by atoms with Crippen LogP contribution in [0.5, 0.6) is 23.0 Å². The van der Waals surface area contributed by atoms with Crippen molar-refractivity contribution in [1.29, 1.82) is 0 Å². The van der Waals surface area contributed by atoms with E-state index in [0.29, 0.717) is 17.9 Å². The van der Waals surface area contributed by atoms with Crippen molar-refractivity contribution in [3.05, 3.63) is 47.5 Å². The van der Waals surface area contributed by atoms with Gasteiger partial charge in [-0.25, -0.2) is 14.9 Å². The Labute approximate surface area is 246 Å². The number of para-hydroxylation sites is 2. The first-order chi connectivity index (χ1) is 20.3. The molecule has 0 saturated carbocycles. The number of phenolic OH excluding ortho intramolecular Hbond substituents is 4. The minimum Gasteiger partial charge on any atom is -0.504 e. The first kappa shape index (κ1) is 32.5. The Hall–Kier alpha value is -5.05. The highest BCUT2D eigenvalue weighted by Crippen LogP contribution is 2.32. The number of hydroxylamine groups is 2. The molecule has 4 atom stereocenters. The van der Waals surface area contributed by atoms with Gasteiger partial charge in [0.05, 0.1) is 5.56 Å². The molecule has 15 heteroatoms. The number of aromatic hydroxyl groups is 4. The number of amides is 3. The van der Waals surface area contributed by atoms with Crippen molar-refractivity contribution in [2.24, 2.45) is 4.99 Å². The van der Waals surface area contributed by atoms with E-state index in [1.165, 1.54) is 51.1 Å². The van der Waals surface area contributed by atoms with Gasteiger partial charge in [-0.3, -0.25) is 19.6 Å². The molecule has 0 aliphatic carbocycles. The summed E-state index contributed by atoms with van der Waals surface area (Å²) in [5.41, 5.74) is -0.315. The fourth-order valence-electron chi connectivity index (χ4n) is 4.11. The molecule has 0 unspecified atom stereocenters. The zero-order valence-electron chi connectivity index (χ0n) is 23.7. The molecule has 0 saturated heterocycles. The minimum absolute atomic E-state index is 0.0431. The zero-order chi connectivity index (χ0) is 31.8. The van der Waals surface area contributed by atoms with E-state index in [0.717, 1.165) is 6.07 Å². The molecule has 3 amide bonds. The van der Waals surface area contributed by atoms with Crippen LogP contribution in [0.15, 0.2) is 41.4 Å². The average Bonchev–Trinajstić information content (AvgIpc) is 3.35. The maximum atomic E-state index is 13.3. The number of hydrogen-bond acceptors (Lipinski definition) is 12. The third kappa shape index (κ3) is 8.03. The molecule has 2 aromatic carbocycles. The van der Waals surface area contributed by atoms with Crippen molar-refractivity contribution >= 4 is 29.6 Å². The van der Waals surface area contributed by atoms with Gasteiger partial charge in [-0.05, 0) is 51.0 Å². The largest absolute Gasteiger partial charge is 0.504 e. The van der Waals surface area contributed by atoms with Crippen molar-refractivity contribution in [2.75, 3.05) is 13.1 Å². The second-order valence-electron chi connectivity index (χ2n) is 9.79. The molecular formula is C28H34N4O11. The van der Waals surface area contributed by atoms with Crippen LogP contribution in [0.1, 0.15) is 49.5 Å². The van der Waals surface area contributed by atoms with E-state index in [1.54, 1.807) is 0 Å². The van der Waals surface area contributed by atoms with E-state index >= 15 is 0 Å². The van der Waals surface area contributed by atoms with Crippen LogP contribution >= 0.6 is 0 Å². The van der Waals surface area contributed by atoms with E-state index in [9.17, 15) is 44.8 Å². The van der Waals surface area contributed by atoms with Crippen LogP contribution in [0.4, 0.5) is 0 Å². The lowest BCUT2D eigenvalue weighted by Gasteiger charge is -2.26. The molecule has 3 rings (SSSR count). The van der Waals surface area contributed by atoms with Crippen molar-refractivity contribution in [3.63, 3.8) is 0 Å². The van der Waals surface area contributed by atoms with Crippen LogP contribution < -0.4 is 10.6 Å². The summed E-state index contributed by atoms with van der Waals surface area (Å²) in [5, 5.41) is 54.9. The highest BCUT2D eigenvalue weighted by atomic mass is 16.5. The van der Waals surface area contributed by atoms with Crippen molar-refractivity contribution in [1.82, 2.24) is 15.7 Å². The highest BCUT2D eigenvalue weighted by Gasteiger charge is 2.38. The quantitative estimate of drug-likeness (QED) is 0.0594. The maximum absolute atomic E-state index is 13.3. The van der Waals surface area contributed by atoms with Crippen molar-refractivity contribution < 1.29 is 54.3 Å². The number of unbranched alkanes of at least 4 members (excludes halogenated alkanes) is 1. The number of hydrogen-bond donors (Lipinski definition) is 7. The second-order valence-corrected chi connectivity index (χ2v) is 9.79. The predicted molar refractivity (Wildman–Crippen MR) is 149 cm³/mol. The Bertz CT molecular complexity index is 1400. The normalized spacial score (nSPS) is 17.2. The topological polar surface area (TPSA) is 228 Å². The number of aliphatic imine (C=N–C) groups is 1. The van der Waals surface area contributed by atoms with Gasteiger partial charge in [-0.15, -0.1) is 0 Å². The first-order valence-corrected chi connectivity index (χ1v) is 13.3. The molecule has 2 aromatic rings. The number of esters is 1. The number of rotatable bonds is 12. The highest BCUT2D eigenvalue weighted by molar-refractivity contribution is 6.02. The van der Waals surface area contributed by atoms with Gasteiger partial charge in [-0.1, -0.05) is 12.1 Å². The molecule has 1 heterocycles. The molecule has 43 heavy (non-hydrogen) atoms. The van der Waals surface area contributed by atoms with Crippen LogP contribution in [0.2, 0.25) is 0 Å². The molecule has 1 aliphatic heterocycles.